The largest absolute Gasteiger partial charge is 0.497 e. The second-order valence-corrected chi connectivity index (χ2v) is 12.6. The summed E-state index contributed by atoms with van der Waals surface area (Å²) in [4.78, 5) is 25.1. The molecule has 0 spiro atoms. The third kappa shape index (κ3) is 6.75. The molecular formula is C32H42F2N6O2. The molecule has 3 atom stereocenters. The van der Waals surface area contributed by atoms with Crippen molar-refractivity contribution in [3.05, 3.63) is 64.2 Å². The van der Waals surface area contributed by atoms with Crippen LogP contribution in [0.1, 0.15) is 52.5 Å². The Kier molecular flexibility index (Phi) is 8.82. The number of hydrogen-bond donors (Lipinski definition) is 2. The number of guanidine groups is 1. The van der Waals surface area contributed by atoms with Crippen LogP contribution < -0.4 is 20.9 Å². The summed E-state index contributed by atoms with van der Waals surface area (Å²) in [5.74, 6) is 0.555. The van der Waals surface area contributed by atoms with Gasteiger partial charge in [-0.2, -0.15) is 0 Å². The minimum Gasteiger partial charge on any atom is -0.497 e. The molecule has 2 heterocycles. The van der Waals surface area contributed by atoms with E-state index in [4.69, 9.17) is 9.73 Å². The highest BCUT2D eigenvalue weighted by molar-refractivity contribution is 5.96. The number of piperazine rings is 1. The fourth-order valence-electron chi connectivity index (χ4n) is 6.25. The smallest absolute Gasteiger partial charge is 0.261 e. The molecule has 8 nitrogen and oxygen atoms in total. The van der Waals surface area contributed by atoms with Crippen LogP contribution in [0.2, 0.25) is 0 Å². The number of nitrogens with one attached hydrogen (secondary N) is 2. The highest BCUT2D eigenvalue weighted by Crippen LogP contribution is 2.40. The van der Waals surface area contributed by atoms with E-state index in [1.54, 1.807) is 18.2 Å². The van der Waals surface area contributed by atoms with Gasteiger partial charge in [0.1, 0.15) is 17.4 Å². The maximum atomic E-state index is 15.6. The standard InChI is InChI=1S/C32H42F2N6O2/c1-20-17-32(3,4)10-8-27(20)37-31(39-13-11-35-21(2)18-39)38-29-16-28-24(15-26(29)34)30(41)40(19-36-28)12-9-22-6-7-23(42-5)14-25(22)33/h6-7,14-16,19-21,27,35H,8-13,17-18H2,1-5H3,(H,37,38)/t20-,21-,27-/m0/s1. The minimum absolute atomic E-state index is 0.148. The summed E-state index contributed by atoms with van der Waals surface area (Å²) < 4.78 is 36.4. The Bertz CT molecular complexity index is 1520. The van der Waals surface area contributed by atoms with E-state index in [9.17, 15) is 9.18 Å². The SMILES string of the molecule is COc1ccc(CCn2cnc3cc(NC(=N[C@H]4CCC(C)(C)C[C@@H]4C)N4CCN[C@@H](C)C4)c(F)cc3c2=O)c(F)c1. The first-order valence-electron chi connectivity index (χ1n) is 14.9. The van der Waals surface area contributed by atoms with Crippen LogP contribution in [-0.4, -0.2) is 59.2 Å². The van der Waals surface area contributed by atoms with Gasteiger partial charge in [-0.1, -0.05) is 26.8 Å². The van der Waals surface area contributed by atoms with Crippen LogP contribution in [0.25, 0.3) is 10.9 Å². The number of anilines is 1. The number of nitrogens with zero attached hydrogens (tertiary/aromatic N) is 4. The van der Waals surface area contributed by atoms with E-state index < -0.39 is 11.6 Å². The number of hydrogen-bond acceptors (Lipinski definition) is 5. The van der Waals surface area contributed by atoms with Crippen LogP contribution in [0.15, 0.2) is 46.4 Å². The summed E-state index contributed by atoms with van der Waals surface area (Å²) >= 11 is 0. The maximum absolute atomic E-state index is 15.6. The zero-order chi connectivity index (χ0) is 30.0. The molecule has 2 N–H and O–H groups in total. The number of halogens is 2. The van der Waals surface area contributed by atoms with Gasteiger partial charge in [0.25, 0.3) is 5.56 Å². The molecule has 1 saturated carbocycles. The summed E-state index contributed by atoms with van der Waals surface area (Å²) in [5, 5.41) is 6.92. The zero-order valence-electron chi connectivity index (χ0n) is 25.2. The highest BCUT2D eigenvalue weighted by Gasteiger charge is 2.33. The molecule has 0 amide bonds. The minimum atomic E-state index is -0.547. The summed E-state index contributed by atoms with van der Waals surface area (Å²) in [5.41, 5.74) is 1.01. The molecule has 2 aliphatic rings. The highest BCUT2D eigenvalue weighted by atomic mass is 19.1. The Morgan fingerprint density at radius 1 is 1.21 bits per heavy atom. The van der Waals surface area contributed by atoms with Gasteiger partial charge in [-0.25, -0.2) is 18.8 Å². The zero-order valence-corrected chi connectivity index (χ0v) is 25.2. The molecule has 5 rings (SSSR count). The van der Waals surface area contributed by atoms with Crippen LogP contribution in [0.5, 0.6) is 5.75 Å². The maximum Gasteiger partial charge on any atom is 0.261 e. The second kappa shape index (κ2) is 12.4. The molecule has 226 valence electrons. The molecule has 0 unspecified atom stereocenters. The molecule has 0 bridgehead atoms. The second-order valence-electron chi connectivity index (χ2n) is 12.6. The lowest BCUT2D eigenvalue weighted by atomic mass is 9.71. The number of rotatable bonds is 6. The van der Waals surface area contributed by atoms with Gasteiger partial charge >= 0.3 is 0 Å². The lowest BCUT2D eigenvalue weighted by Crippen LogP contribution is -2.53. The predicted octanol–water partition coefficient (Wildman–Crippen LogP) is 5.20. The average molecular weight is 581 g/mol. The third-order valence-electron chi connectivity index (χ3n) is 8.65. The lowest BCUT2D eigenvalue weighted by molar-refractivity contribution is 0.168. The van der Waals surface area contributed by atoms with Gasteiger partial charge in [0, 0.05) is 38.3 Å². The molecule has 3 aromatic rings. The Morgan fingerprint density at radius 3 is 2.74 bits per heavy atom. The monoisotopic (exact) mass is 580 g/mol. The molecular weight excluding hydrogens is 538 g/mol. The first-order chi connectivity index (χ1) is 20.0. The van der Waals surface area contributed by atoms with Gasteiger partial charge in [-0.3, -0.25) is 9.36 Å². The van der Waals surface area contributed by atoms with Crippen molar-refractivity contribution >= 4 is 22.5 Å². The first-order valence-corrected chi connectivity index (χ1v) is 14.9. The topological polar surface area (TPSA) is 83.8 Å². The van der Waals surface area contributed by atoms with E-state index >= 15 is 4.39 Å². The van der Waals surface area contributed by atoms with Gasteiger partial charge in [0.2, 0.25) is 0 Å². The van der Waals surface area contributed by atoms with Crippen LogP contribution in [0.3, 0.4) is 0 Å². The Balaban J connectivity index is 1.40. The van der Waals surface area contributed by atoms with Gasteiger partial charge in [0.15, 0.2) is 5.96 Å². The number of aryl methyl sites for hydroxylation is 2. The molecule has 1 aromatic heterocycles. The number of aromatic nitrogens is 2. The van der Waals surface area contributed by atoms with Crippen LogP contribution in [0.4, 0.5) is 14.5 Å². The predicted molar refractivity (Wildman–Crippen MR) is 163 cm³/mol. The molecule has 1 aliphatic carbocycles. The summed E-state index contributed by atoms with van der Waals surface area (Å²) in [6, 6.07) is 7.87. The fourth-order valence-corrected chi connectivity index (χ4v) is 6.25. The Morgan fingerprint density at radius 2 is 2.02 bits per heavy atom. The van der Waals surface area contributed by atoms with Crippen molar-refractivity contribution < 1.29 is 13.5 Å². The van der Waals surface area contributed by atoms with Gasteiger partial charge in [-0.05, 0) is 67.7 Å². The fraction of sp³-hybridized carbons (Fsp3) is 0.531. The summed E-state index contributed by atoms with van der Waals surface area (Å²) in [7, 11) is 1.48. The van der Waals surface area contributed by atoms with Gasteiger partial charge in [-0.15, -0.1) is 0 Å². The lowest BCUT2D eigenvalue weighted by Gasteiger charge is -2.39. The molecule has 1 aliphatic heterocycles. The number of benzene rings is 2. The average Bonchev–Trinajstić information content (AvgIpc) is 2.94. The Labute approximate surface area is 246 Å². The molecule has 2 fully saturated rings. The normalized spacial score (nSPS) is 22.8. The van der Waals surface area contributed by atoms with Crippen molar-refractivity contribution in [3.63, 3.8) is 0 Å². The van der Waals surface area contributed by atoms with Crippen molar-refractivity contribution in [2.75, 3.05) is 32.1 Å². The van der Waals surface area contributed by atoms with E-state index in [2.05, 4.69) is 48.2 Å². The van der Waals surface area contributed by atoms with E-state index in [1.165, 1.54) is 30.1 Å². The third-order valence-corrected chi connectivity index (χ3v) is 8.65. The first kappa shape index (κ1) is 29.9. The quantitative estimate of drug-likeness (QED) is 0.308. The van der Waals surface area contributed by atoms with Gasteiger partial charge < -0.3 is 20.3 Å². The number of aliphatic imine (C=N–C) groups is 1. The van der Waals surface area contributed by atoms with E-state index in [0.29, 0.717) is 34.1 Å². The summed E-state index contributed by atoms with van der Waals surface area (Å²) in [6.07, 6.45) is 4.90. The Hall–Kier alpha value is -3.53. The summed E-state index contributed by atoms with van der Waals surface area (Å²) in [6.45, 7) is 11.5. The van der Waals surface area contributed by atoms with Crippen LogP contribution in [-0.2, 0) is 13.0 Å². The van der Waals surface area contributed by atoms with E-state index in [1.807, 2.05) is 0 Å². The number of methoxy groups -OCH3 is 1. The molecule has 10 heteroatoms. The van der Waals surface area contributed by atoms with Gasteiger partial charge in [0.05, 0.1) is 36.1 Å². The molecule has 42 heavy (non-hydrogen) atoms. The molecule has 1 saturated heterocycles. The molecule has 2 aromatic carbocycles. The van der Waals surface area contributed by atoms with Crippen molar-refractivity contribution in [2.24, 2.45) is 16.3 Å². The van der Waals surface area contributed by atoms with Crippen molar-refractivity contribution in [3.8, 4) is 5.75 Å². The van der Waals surface area contributed by atoms with Crippen molar-refractivity contribution in [1.29, 1.82) is 0 Å². The van der Waals surface area contributed by atoms with Crippen molar-refractivity contribution in [2.45, 2.75) is 72.0 Å². The van der Waals surface area contributed by atoms with Crippen LogP contribution in [0, 0.1) is 23.0 Å². The van der Waals surface area contributed by atoms with E-state index in [0.717, 1.165) is 38.9 Å². The van der Waals surface area contributed by atoms with Crippen LogP contribution >= 0.6 is 0 Å². The van der Waals surface area contributed by atoms with Crippen molar-refractivity contribution in [1.82, 2.24) is 19.8 Å². The molecule has 0 radical (unpaired) electrons. The van der Waals surface area contributed by atoms with E-state index in [-0.39, 0.29) is 41.7 Å². The number of ether oxygens (including phenoxy) is 1. The number of fused-ring (bicyclic) bond motifs is 1.